The van der Waals surface area contributed by atoms with Gasteiger partial charge < -0.3 is 20.1 Å². The van der Waals surface area contributed by atoms with Crippen LogP contribution < -0.4 is 20.1 Å². The van der Waals surface area contributed by atoms with Crippen molar-refractivity contribution in [2.24, 2.45) is 0 Å². The van der Waals surface area contributed by atoms with Crippen LogP contribution in [0.4, 0.5) is 23.1 Å². The number of nitrogens with one attached hydrogen (secondary N) is 2. The van der Waals surface area contributed by atoms with Crippen molar-refractivity contribution in [2.45, 2.75) is 20.3 Å². The summed E-state index contributed by atoms with van der Waals surface area (Å²) in [5, 5.41) is 6.62. The zero-order chi connectivity index (χ0) is 19.2. The van der Waals surface area contributed by atoms with Crippen molar-refractivity contribution in [2.75, 3.05) is 24.9 Å². The predicted octanol–water partition coefficient (Wildman–Crippen LogP) is 4.85. The van der Waals surface area contributed by atoms with E-state index in [1.54, 1.807) is 14.2 Å². The Morgan fingerprint density at radius 3 is 2.44 bits per heavy atom. The second-order valence-corrected chi connectivity index (χ2v) is 6.05. The molecular weight excluding hydrogens is 340 g/mol. The lowest BCUT2D eigenvalue weighted by molar-refractivity contribution is 0.395. The fourth-order valence-corrected chi connectivity index (χ4v) is 2.80. The maximum Gasteiger partial charge on any atom is 0.229 e. The Morgan fingerprint density at radius 1 is 0.889 bits per heavy atom. The molecule has 6 nitrogen and oxygen atoms in total. The molecule has 3 aromatic rings. The smallest absolute Gasteiger partial charge is 0.229 e. The van der Waals surface area contributed by atoms with Gasteiger partial charge >= 0.3 is 0 Å². The number of hydrogen-bond acceptors (Lipinski definition) is 6. The van der Waals surface area contributed by atoms with Crippen LogP contribution in [0.2, 0.25) is 0 Å². The second kappa shape index (κ2) is 8.40. The molecule has 0 atom stereocenters. The molecule has 0 saturated heterocycles. The van der Waals surface area contributed by atoms with Gasteiger partial charge in [-0.2, -0.15) is 4.98 Å². The van der Waals surface area contributed by atoms with E-state index in [2.05, 4.69) is 33.6 Å². The van der Waals surface area contributed by atoms with E-state index in [0.29, 0.717) is 17.5 Å². The molecule has 6 heteroatoms. The van der Waals surface area contributed by atoms with Crippen LogP contribution >= 0.6 is 0 Å². The Hall–Kier alpha value is -3.28. The summed E-state index contributed by atoms with van der Waals surface area (Å²) in [5.74, 6) is 2.64. The van der Waals surface area contributed by atoms with E-state index < -0.39 is 0 Å². The summed E-state index contributed by atoms with van der Waals surface area (Å²) in [4.78, 5) is 9.10. The third-order valence-corrected chi connectivity index (χ3v) is 4.17. The van der Waals surface area contributed by atoms with Crippen molar-refractivity contribution < 1.29 is 9.47 Å². The van der Waals surface area contributed by atoms with Crippen molar-refractivity contribution in [3.05, 3.63) is 59.8 Å². The Morgan fingerprint density at radius 2 is 1.70 bits per heavy atom. The highest BCUT2D eigenvalue weighted by atomic mass is 16.5. The van der Waals surface area contributed by atoms with Gasteiger partial charge in [-0.15, -0.1) is 0 Å². The van der Waals surface area contributed by atoms with E-state index in [9.17, 15) is 0 Å². The lowest BCUT2D eigenvalue weighted by Crippen LogP contribution is -2.04. The summed E-state index contributed by atoms with van der Waals surface area (Å²) in [6.45, 7) is 4.07. The minimum absolute atomic E-state index is 0.547. The number of aryl methyl sites for hydroxylation is 2. The van der Waals surface area contributed by atoms with Crippen molar-refractivity contribution in [1.29, 1.82) is 0 Å². The van der Waals surface area contributed by atoms with Gasteiger partial charge in [0.2, 0.25) is 5.95 Å². The molecule has 140 valence electrons. The van der Waals surface area contributed by atoms with Gasteiger partial charge in [0.1, 0.15) is 17.3 Å². The fourth-order valence-electron chi connectivity index (χ4n) is 2.80. The van der Waals surface area contributed by atoms with Crippen molar-refractivity contribution in [3.63, 3.8) is 0 Å². The van der Waals surface area contributed by atoms with Gasteiger partial charge in [-0.25, -0.2) is 4.98 Å². The number of aromatic nitrogens is 2. The monoisotopic (exact) mass is 364 g/mol. The third-order valence-electron chi connectivity index (χ3n) is 4.17. The van der Waals surface area contributed by atoms with E-state index in [-0.39, 0.29) is 0 Å². The van der Waals surface area contributed by atoms with Gasteiger partial charge in [0, 0.05) is 23.5 Å². The molecule has 0 aliphatic heterocycles. The molecular formula is C21H24N4O2. The topological polar surface area (TPSA) is 68.3 Å². The molecule has 0 aliphatic rings. The summed E-state index contributed by atoms with van der Waals surface area (Å²) in [5.41, 5.74) is 3.89. The zero-order valence-corrected chi connectivity index (χ0v) is 16.0. The molecule has 0 amide bonds. The maximum atomic E-state index is 5.44. The molecule has 0 spiro atoms. The predicted molar refractivity (Wildman–Crippen MR) is 109 cm³/mol. The molecule has 0 aliphatic carbocycles. The second-order valence-electron chi connectivity index (χ2n) is 6.05. The van der Waals surface area contributed by atoms with E-state index >= 15 is 0 Å². The average molecular weight is 364 g/mol. The zero-order valence-electron chi connectivity index (χ0n) is 16.0. The first kappa shape index (κ1) is 18.5. The highest BCUT2D eigenvalue weighted by Crippen LogP contribution is 2.31. The van der Waals surface area contributed by atoms with Crippen LogP contribution in [0.1, 0.15) is 18.2 Å². The highest BCUT2D eigenvalue weighted by molar-refractivity contribution is 5.67. The molecule has 1 heterocycles. The highest BCUT2D eigenvalue weighted by Gasteiger charge is 2.09. The quantitative estimate of drug-likeness (QED) is 0.624. The van der Waals surface area contributed by atoms with Gasteiger partial charge in [0.05, 0.1) is 19.9 Å². The number of hydrogen-bond donors (Lipinski definition) is 2. The first-order valence-electron chi connectivity index (χ1n) is 8.82. The summed E-state index contributed by atoms with van der Waals surface area (Å²) >= 11 is 0. The fraction of sp³-hybridized carbons (Fsp3) is 0.238. The van der Waals surface area contributed by atoms with Gasteiger partial charge in [-0.05, 0) is 37.1 Å². The third kappa shape index (κ3) is 4.47. The van der Waals surface area contributed by atoms with Gasteiger partial charge in [-0.3, -0.25) is 0 Å². The lowest BCUT2D eigenvalue weighted by Gasteiger charge is -2.14. The van der Waals surface area contributed by atoms with Crippen LogP contribution in [-0.2, 0) is 6.42 Å². The molecule has 0 radical (unpaired) electrons. The molecule has 0 saturated carbocycles. The number of anilines is 4. The molecule has 1 aromatic heterocycles. The summed E-state index contributed by atoms with van der Waals surface area (Å²) in [7, 11) is 3.25. The van der Waals surface area contributed by atoms with E-state index in [1.165, 1.54) is 5.56 Å². The molecule has 3 rings (SSSR count). The van der Waals surface area contributed by atoms with Crippen LogP contribution in [0.5, 0.6) is 11.5 Å². The molecule has 2 aromatic carbocycles. The van der Waals surface area contributed by atoms with Crippen LogP contribution in [0.3, 0.4) is 0 Å². The Labute approximate surface area is 159 Å². The van der Waals surface area contributed by atoms with Crippen molar-refractivity contribution in [1.82, 2.24) is 9.97 Å². The molecule has 27 heavy (non-hydrogen) atoms. The Kier molecular flexibility index (Phi) is 5.76. The largest absolute Gasteiger partial charge is 0.497 e. The van der Waals surface area contributed by atoms with Gasteiger partial charge in [0.15, 0.2) is 0 Å². The molecule has 2 N–H and O–H groups in total. The van der Waals surface area contributed by atoms with Crippen LogP contribution in [-0.4, -0.2) is 24.2 Å². The standard InChI is InChI=1S/C21H24N4O2/c1-5-15-8-6-7-9-17(15)24-21-22-14(2)12-20(25-21)23-18-11-10-16(26-3)13-19(18)27-4/h6-13H,5H2,1-4H3,(H2,22,23,24,25). The van der Waals surface area contributed by atoms with Crippen molar-refractivity contribution in [3.8, 4) is 11.5 Å². The Bertz CT molecular complexity index is 928. The summed E-state index contributed by atoms with van der Waals surface area (Å²) < 4.78 is 10.7. The first-order valence-corrected chi connectivity index (χ1v) is 8.82. The maximum absolute atomic E-state index is 5.44. The molecule has 0 bridgehead atoms. The van der Waals surface area contributed by atoms with Crippen LogP contribution in [0, 0.1) is 6.92 Å². The normalized spacial score (nSPS) is 10.4. The number of para-hydroxylation sites is 1. The van der Waals surface area contributed by atoms with E-state index in [4.69, 9.17) is 9.47 Å². The van der Waals surface area contributed by atoms with Crippen LogP contribution in [0.15, 0.2) is 48.5 Å². The summed E-state index contributed by atoms with van der Waals surface area (Å²) in [6, 6.07) is 15.6. The van der Waals surface area contributed by atoms with Crippen molar-refractivity contribution >= 4 is 23.1 Å². The molecule has 0 fully saturated rings. The minimum Gasteiger partial charge on any atom is -0.497 e. The van der Waals surface area contributed by atoms with Gasteiger partial charge in [0.25, 0.3) is 0 Å². The number of rotatable bonds is 7. The lowest BCUT2D eigenvalue weighted by atomic mass is 10.1. The minimum atomic E-state index is 0.547. The molecule has 0 unspecified atom stereocenters. The summed E-state index contributed by atoms with van der Waals surface area (Å²) in [6.07, 6.45) is 0.934. The van der Waals surface area contributed by atoms with Gasteiger partial charge in [-0.1, -0.05) is 25.1 Å². The number of ether oxygens (including phenoxy) is 2. The number of methoxy groups -OCH3 is 2. The SMILES string of the molecule is CCc1ccccc1Nc1nc(C)cc(Nc2ccc(OC)cc2OC)n1. The van der Waals surface area contributed by atoms with E-state index in [1.807, 2.05) is 49.4 Å². The van der Waals surface area contributed by atoms with Crippen LogP contribution in [0.25, 0.3) is 0 Å². The average Bonchev–Trinajstić information content (AvgIpc) is 2.68. The number of nitrogens with zero attached hydrogens (tertiary/aromatic N) is 2. The Balaban J connectivity index is 1.88. The first-order chi connectivity index (χ1) is 13.1. The number of benzene rings is 2. The van der Waals surface area contributed by atoms with E-state index in [0.717, 1.165) is 29.2 Å².